The molecule has 4 heteroatoms. The van der Waals surface area contributed by atoms with Crippen LogP contribution in [0.15, 0.2) is 0 Å². The summed E-state index contributed by atoms with van der Waals surface area (Å²) in [5.74, 6) is 0.163. The number of hydrogen-bond acceptors (Lipinski definition) is 4. The summed E-state index contributed by atoms with van der Waals surface area (Å²) in [6.07, 6.45) is 2.27. The normalized spacial score (nSPS) is 19.6. The van der Waals surface area contributed by atoms with Gasteiger partial charge in [0.05, 0.1) is 19.8 Å². The molecule has 1 aliphatic rings. The van der Waals surface area contributed by atoms with Crippen molar-refractivity contribution in [2.24, 2.45) is 5.92 Å². The predicted octanol–water partition coefficient (Wildman–Crippen LogP) is 1.34. The molecule has 1 N–H and O–H groups in total. The maximum atomic E-state index is 12.0. The van der Waals surface area contributed by atoms with Gasteiger partial charge in [-0.3, -0.25) is 5.32 Å². The van der Waals surface area contributed by atoms with Crippen LogP contribution in [0.2, 0.25) is 0 Å². The first kappa shape index (κ1) is 13.5. The van der Waals surface area contributed by atoms with Crippen molar-refractivity contribution in [2.75, 3.05) is 20.3 Å². The number of carbonyl (C=O) groups excluding carboxylic acids is 1. The van der Waals surface area contributed by atoms with Crippen LogP contribution in [0.3, 0.4) is 0 Å². The van der Waals surface area contributed by atoms with Crippen LogP contribution in [0.25, 0.3) is 0 Å². The van der Waals surface area contributed by atoms with E-state index < -0.39 is 5.54 Å². The zero-order chi connectivity index (χ0) is 12.2. The van der Waals surface area contributed by atoms with Crippen molar-refractivity contribution in [2.45, 2.75) is 45.3 Å². The molecule has 0 spiro atoms. The average molecular weight is 229 g/mol. The lowest BCUT2D eigenvalue weighted by molar-refractivity contribution is -0.153. The molecule has 0 amide bonds. The smallest absolute Gasteiger partial charge is 0.328 e. The lowest BCUT2D eigenvalue weighted by Crippen LogP contribution is -2.58. The lowest BCUT2D eigenvalue weighted by Gasteiger charge is -2.32. The highest BCUT2D eigenvalue weighted by Crippen LogP contribution is 2.40. The first-order valence-electron chi connectivity index (χ1n) is 6.01. The second-order valence-corrected chi connectivity index (χ2v) is 4.63. The Morgan fingerprint density at radius 3 is 2.50 bits per heavy atom. The summed E-state index contributed by atoms with van der Waals surface area (Å²) in [6.45, 7) is 7.08. The van der Waals surface area contributed by atoms with E-state index in [2.05, 4.69) is 5.32 Å². The molecule has 1 unspecified atom stereocenters. The van der Waals surface area contributed by atoms with Crippen molar-refractivity contribution in [3.8, 4) is 0 Å². The van der Waals surface area contributed by atoms with E-state index in [4.69, 9.17) is 9.47 Å². The third-order valence-electron chi connectivity index (χ3n) is 2.96. The van der Waals surface area contributed by atoms with Crippen molar-refractivity contribution in [1.82, 2.24) is 5.32 Å². The van der Waals surface area contributed by atoms with Crippen LogP contribution >= 0.6 is 0 Å². The summed E-state index contributed by atoms with van der Waals surface area (Å²) in [6, 6.07) is 0. The number of nitrogens with one attached hydrogen (secondary N) is 1. The topological polar surface area (TPSA) is 47.6 Å². The first-order valence-corrected chi connectivity index (χ1v) is 6.01. The Bertz CT molecular complexity index is 238. The fraction of sp³-hybridized carbons (Fsp3) is 0.917. The summed E-state index contributed by atoms with van der Waals surface area (Å²) < 4.78 is 10.5. The minimum atomic E-state index is -0.631. The number of likely N-dealkylation sites (N-methyl/N-ethyl adjacent to an activating group) is 1. The van der Waals surface area contributed by atoms with Crippen LogP contribution in [0.1, 0.15) is 33.6 Å². The molecule has 1 rings (SSSR count). The van der Waals surface area contributed by atoms with E-state index in [-0.39, 0.29) is 12.1 Å². The van der Waals surface area contributed by atoms with Crippen molar-refractivity contribution in [3.05, 3.63) is 0 Å². The molecule has 4 nitrogen and oxygen atoms in total. The van der Waals surface area contributed by atoms with Gasteiger partial charge < -0.3 is 9.47 Å². The van der Waals surface area contributed by atoms with Gasteiger partial charge in [0.2, 0.25) is 0 Å². The number of rotatable bonds is 7. The van der Waals surface area contributed by atoms with Gasteiger partial charge in [0.25, 0.3) is 0 Å². The van der Waals surface area contributed by atoms with Gasteiger partial charge in [-0.25, -0.2) is 4.79 Å². The van der Waals surface area contributed by atoms with Gasteiger partial charge in [-0.05, 0) is 39.2 Å². The number of esters is 1. The second-order valence-electron chi connectivity index (χ2n) is 4.63. The monoisotopic (exact) mass is 229 g/mol. The molecular formula is C12H23NO3. The highest BCUT2D eigenvalue weighted by molar-refractivity contribution is 5.82. The van der Waals surface area contributed by atoms with Crippen molar-refractivity contribution >= 4 is 5.97 Å². The predicted molar refractivity (Wildman–Crippen MR) is 62.2 cm³/mol. The Balaban J connectivity index is 2.74. The Hall–Kier alpha value is -0.610. The summed E-state index contributed by atoms with van der Waals surface area (Å²) in [5, 5.41) is 3.26. The third kappa shape index (κ3) is 2.95. The first-order chi connectivity index (χ1) is 7.56. The van der Waals surface area contributed by atoms with Crippen molar-refractivity contribution < 1.29 is 14.3 Å². The van der Waals surface area contributed by atoms with Crippen LogP contribution in [-0.2, 0) is 14.3 Å². The fourth-order valence-corrected chi connectivity index (χ4v) is 1.98. The van der Waals surface area contributed by atoms with Crippen molar-refractivity contribution in [1.29, 1.82) is 0 Å². The highest BCUT2D eigenvalue weighted by Gasteiger charge is 2.51. The zero-order valence-electron chi connectivity index (χ0n) is 10.7. The molecule has 0 radical (unpaired) electrons. The quantitative estimate of drug-likeness (QED) is 0.669. The fourth-order valence-electron chi connectivity index (χ4n) is 1.98. The SMILES string of the molecule is CCNC(COC(C)C)(C(=O)OC)C1CC1. The molecule has 1 fully saturated rings. The zero-order valence-corrected chi connectivity index (χ0v) is 10.7. The maximum absolute atomic E-state index is 12.0. The van der Waals surface area contributed by atoms with E-state index in [1.54, 1.807) is 0 Å². The van der Waals surface area contributed by atoms with E-state index in [9.17, 15) is 4.79 Å². The Morgan fingerprint density at radius 2 is 2.12 bits per heavy atom. The van der Waals surface area contributed by atoms with E-state index in [1.165, 1.54) is 7.11 Å². The van der Waals surface area contributed by atoms with E-state index in [0.29, 0.717) is 12.5 Å². The Kier molecular flexibility index (Phi) is 4.74. The third-order valence-corrected chi connectivity index (χ3v) is 2.96. The second kappa shape index (κ2) is 5.64. The van der Waals surface area contributed by atoms with Gasteiger partial charge in [-0.15, -0.1) is 0 Å². The van der Waals surface area contributed by atoms with Gasteiger partial charge in [-0.1, -0.05) is 6.92 Å². The summed E-state index contributed by atoms with van der Waals surface area (Å²) in [4.78, 5) is 12.0. The molecule has 1 atom stereocenters. The molecule has 16 heavy (non-hydrogen) atoms. The molecule has 0 aliphatic heterocycles. The molecule has 0 bridgehead atoms. The van der Waals surface area contributed by atoms with Crippen LogP contribution < -0.4 is 5.32 Å². The van der Waals surface area contributed by atoms with E-state index >= 15 is 0 Å². The molecular weight excluding hydrogens is 206 g/mol. The van der Waals surface area contributed by atoms with Crippen LogP contribution in [0, 0.1) is 5.92 Å². The molecule has 0 aromatic carbocycles. The summed E-state index contributed by atoms with van der Waals surface area (Å²) >= 11 is 0. The highest BCUT2D eigenvalue weighted by atomic mass is 16.5. The van der Waals surface area contributed by atoms with Gasteiger partial charge in [-0.2, -0.15) is 0 Å². The molecule has 0 heterocycles. The number of methoxy groups -OCH3 is 1. The number of ether oxygens (including phenoxy) is 2. The van der Waals surface area contributed by atoms with Crippen LogP contribution in [-0.4, -0.2) is 37.9 Å². The largest absolute Gasteiger partial charge is 0.468 e. The maximum Gasteiger partial charge on any atom is 0.328 e. The van der Waals surface area contributed by atoms with Crippen molar-refractivity contribution in [3.63, 3.8) is 0 Å². The molecule has 1 saturated carbocycles. The van der Waals surface area contributed by atoms with E-state index in [0.717, 1.165) is 19.4 Å². The molecule has 0 aromatic heterocycles. The molecule has 1 aliphatic carbocycles. The van der Waals surface area contributed by atoms with Gasteiger partial charge >= 0.3 is 5.97 Å². The summed E-state index contributed by atoms with van der Waals surface area (Å²) in [5.41, 5.74) is -0.631. The minimum absolute atomic E-state index is 0.126. The lowest BCUT2D eigenvalue weighted by atomic mass is 9.94. The van der Waals surface area contributed by atoms with Crippen LogP contribution in [0.4, 0.5) is 0 Å². The number of hydrogen-bond donors (Lipinski definition) is 1. The van der Waals surface area contributed by atoms with Gasteiger partial charge in [0.15, 0.2) is 0 Å². The molecule has 94 valence electrons. The van der Waals surface area contributed by atoms with E-state index in [1.807, 2.05) is 20.8 Å². The number of carbonyl (C=O) groups is 1. The standard InChI is InChI=1S/C12H23NO3/c1-5-13-12(10-6-7-10,11(14)15-4)8-16-9(2)3/h9-10,13H,5-8H2,1-4H3. The Labute approximate surface area is 97.7 Å². The minimum Gasteiger partial charge on any atom is -0.468 e. The van der Waals surface area contributed by atoms with Crippen LogP contribution in [0.5, 0.6) is 0 Å². The molecule has 0 aromatic rings. The summed E-state index contributed by atoms with van der Waals surface area (Å²) in [7, 11) is 1.44. The average Bonchev–Trinajstić information content (AvgIpc) is 3.07. The Morgan fingerprint density at radius 1 is 1.50 bits per heavy atom. The molecule has 0 saturated heterocycles. The van der Waals surface area contributed by atoms with Gasteiger partial charge in [0, 0.05) is 0 Å². The van der Waals surface area contributed by atoms with Gasteiger partial charge in [0.1, 0.15) is 5.54 Å².